The van der Waals surface area contributed by atoms with Crippen molar-refractivity contribution in [3.63, 3.8) is 0 Å². The Hall–Kier alpha value is -1.32. The van der Waals surface area contributed by atoms with Crippen LogP contribution >= 0.6 is 35.6 Å². The zero-order chi connectivity index (χ0) is 20.8. The lowest BCUT2D eigenvalue weighted by Crippen LogP contribution is -2.45. The van der Waals surface area contributed by atoms with E-state index < -0.39 is 0 Å². The first-order chi connectivity index (χ1) is 14.0. The van der Waals surface area contributed by atoms with Gasteiger partial charge < -0.3 is 15.1 Å². The van der Waals surface area contributed by atoms with E-state index in [9.17, 15) is 0 Å². The fraction of sp³-hybridized carbons (Fsp3) is 0.545. The Morgan fingerprint density at radius 3 is 2.80 bits per heavy atom. The predicted octanol–water partition coefficient (Wildman–Crippen LogP) is 4.70. The number of rotatable bonds is 6. The summed E-state index contributed by atoms with van der Waals surface area (Å²) in [4.78, 5) is 11.5. The predicted molar refractivity (Wildman–Crippen MR) is 134 cm³/mol. The van der Waals surface area contributed by atoms with Gasteiger partial charge in [-0.2, -0.15) is 0 Å². The van der Waals surface area contributed by atoms with Crippen molar-refractivity contribution in [1.82, 2.24) is 20.5 Å². The number of aryl methyl sites for hydroxylation is 2. The third-order valence-electron chi connectivity index (χ3n) is 5.52. The first-order valence-electron chi connectivity index (χ1n) is 10.4. The molecule has 2 N–H and O–H groups in total. The van der Waals surface area contributed by atoms with Crippen molar-refractivity contribution in [1.29, 1.82) is 0 Å². The van der Waals surface area contributed by atoms with E-state index in [4.69, 9.17) is 16.0 Å². The zero-order valence-corrected chi connectivity index (χ0v) is 21.3. The molecule has 1 aliphatic heterocycles. The number of benzene rings is 1. The minimum Gasteiger partial charge on any atom is -0.444 e. The van der Waals surface area contributed by atoms with Gasteiger partial charge in [-0.15, -0.1) is 24.0 Å². The molecule has 30 heavy (non-hydrogen) atoms. The van der Waals surface area contributed by atoms with Gasteiger partial charge in [0.2, 0.25) is 5.89 Å². The first-order valence-corrected chi connectivity index (χ1v) is 10.8. The molecule has 0 spiro atoms. The van der Waals surface area contributed by atoms with Crippen LogP contribution in [0, 0.1) is 19.8 Å². The fourth-order valence-corrected chi connectivity index (χ4v) is 4.21. The molecule has 2 atom stereocenters. The van der Waals surface area contributed by atoms with E-state index in [-0.39, 0.29) is 24.0 Å². The van der Waals surface area contributed by atoms with Crippen LogP contribution in [0.3, 0.4) is 0 Å². The molecule has 1 aromatic heterocycles. The number of guanidine groups is 1. The zero-order valence-electron chi connectivity index (χ0n) is 18.2. The number of aliphatic imine (C=N–C) groups is 1. The average molecular weight is 546 g/mol. The number of likely N-dealkylation sites (tertiary alicyclic amines) is 1. The second-order valence-corrected chi connectivity index (χ2v) is 8.14. The van der Waals surface area contributed by atoms with Crippen molar-refractivity contribution >= 4 is 41.5 Å². The molecule has 0 bridgehead atoms. The highest BCUT2D eigenvalue weighted by molar-refractivity contribution is 14.0. The summed E-state index contributed by atoms with van der Waals surface area (Å²) in [5.41, 5.74) is 2.20. The van der Waals surface area contributed by atoms with E-state index in [1.54, 1.807) is 0 Å². The Kier molecular flexibility index (Phi) is 9.90. The van der Waals surface area contributed by atoms with Gasteiger partial charge in [-0.3, -0.25) is 4.90 Å². The summed E-state index contributed by atoms with van der Waals surface area (Å²) < 4.78 is 5.64. The molecular formula is C22H33ClIN5O. The van der Waals surface area contributed by atoms with Gasteiger partial charge in [0.25, 0.3) is 0 Å². The Labute approximate surface area is 201 Å². The van der Waals surface area contributed by atoms with Crippen LogP contribution in [0.4, 0.5) is 0 Å². The quantitative estimate of drug-likeness (QED) is 0.313. The smallest absolute Gasteiger partial charge is 0.216 e. The van der Waals surface area contributed by atoms with Crippen molar-refractivity contribution in [2.75, 3.05) is 26.7 Å². The molecule has 0 saturated carbocycles. The number of nitrogens with one attached hydrogen (secondary N) is 2. The van der Waals surface area contributed by atoms with Crippen LogP contribution in [0.2, 0.25) is 5.02 Å². The summed E-state index contributed by atoms with van der Waals surface area (Å²) >= 11 is 6.26. The minimum atomic E-state index is 0. The SMILES string of the molecule is CCNC(=NCc1nc(C)c(C)o1)NCC1CCCN(C)C1c1cccc(Cl)c1.I. The van der Waals surface area contributed by atoms with E-state index in [2.05, 4.69) is 51.6 Å². The number of oxazole rings is 1. The lowest BCUT2D eigenvalue weighted by Gasteiger charge is -2.40. The van der Waals surface area contributed by atoms with Gasteiger partial charge in [-0.25, -0.2) is 9.98 Å². The highest BCUT2D eigenvalue weighted by Gasteiger charge is 2.30. The Bertz CT molecular complexity index is 821. The van der Waals surface area contributed by atoms with Gasteiger partial charge in [0.15, 0.2) is 5.96 Å². The second kappa shape index (κ2) is 11.9. The Balaban J connectivity index is 0.00000320. The Morgan fingerprint density at radius 2 is 2.13 bits per heavy atom. The van der Waals surface area contributed by atoms with E-state index in [1.807, 2.05) is 26.0 Å². The van der Waals surface area contributed by atoms with E-state index >= 15 is 0 Å². The van der Waals surface area contributed by atoms with Crippen LogP contribution in [0.25, 0.3) is 0 Å². The largest absolute Gasteiger partial charge is 0.444 e. The summed E-state index contributed by atoms with van der Waals surface area (Å²) in [5, 5.41) is 7.64. The van der Waals surface area contributed by atoms with Gasteiger partial charge >= 0.3 is 0 Å². The van der Waals surface area contributed by atoms with Crippen LogP contribution in [-0.4, -0.2) is 42.5 Å². The molecule has 6 nitrogen and oxygen atoms in total. The summed E-state index contributed by atoms with van der Waals surface area (Å²) in [6, 6.07) is 8.58. The van der Waals surface area contributed by atoms with Crippen molar-refractivity contribution in [3.05, 3.63) is 52.2 Å². The number of halogens is 2. The standard InChI is InChI=1S/C22H32ClN5O.HI/c1-5-24-22(26-14-20-27-15(2)16(3)29-20)25-13-18-9-7-11-28(4)21(18)17-8-6-10-19(23)12-17;/h6,8,10,12,18,21H,5,7,9,11,13-14H2,1-4H3,(H2,24,25,26);1H. The van der Waals surface area contributed by atoms with Gasteiger partial charge in [-0.05, 0) is 70.8 Å². The highest BCUT2D eigenvalue weighted by atomic mass is 127. The number of hydrogen-bond acceptors (Lipinski definition) is 4. The average Bonchev–Trinajstić information content (AvgIpc) is 3.01. The molecule has 1 aromatic carbocycles. The van der Waals surface area contributed by atoms with Crippen LogP contribution in [0.15, 0.2) is 33.7 Å². The number of aromatic nitrogens is 1. The summed E-state index contributed by atoms with van der Waals surface area (Å²) in [6.45, 7) is 9.12. The van der Waals surface area contributed by atoms with Crippen molar-refractivity contribution in [2.45, 2.75) is 46.2 Å². The third kappa shape index (κ3) is 6.59. The van der Waals surface area contributed by atoms with Crippen LogP contribution in [-0.2, 0) is 6.54 Å². The Morgan fingerprint density at radius 1 is 1.33 bits per heavy atom. The molecule has 3 rings (SSSR count). The molecule has 2 aromatic rings. The normalized spacial score (nSPS) is 20.0. The summed E-state index contributed by atoms with van der Waals surface area (Å²) in [5.74, 6) is 2.76. The lowest BCUT2D eigenvalue weighted by atomic mass is 9.85. The molecule has 1 fully saturated rings. The number of hydrogen-bond donors (Lipinski definition) is 2. The molecule has 1 saturated heterocycles. The maximum absolute atomic E-state index is 6.26. The monoisotopic (exact) mass is 545 g/mol. The first kappa shape index (κ1) is 24.9. The molecule has 0 amide bonds. The third-order valence-corrected chi connectivity index (χ3v) is 5.75. The summed E-state index contributed by atoms with van der Waals surface area (Å²) in [7, 11) is 2.20. The van der Waals surface area contributed by atoms with Crippen molar-refractivity contribution in [3.8, 4) is 0 Å². The molecule has 0 radical (unpaired) electrons. The number of piperidine rings is 1. The van der Waals surface area contributed by atoms with Crippen molar-refractivity contribution in [2.24, 2.45) is 10.9 Å². The van der Waals surface area contributed by atoms with Gasteiger partial charge in [0.05, 0.1) is 5.69 Å². The molecular weight excluding hydrogens is 513 g/mol. The lowest BCUT2D eigenvalue weighted by molar-refractivity contribution is 0.122. The molecule has 1 aliphatic rings. The van der Waals surface area contributed by atoms with Gasteiger partial charge in [-0.1, -0.05) is 23.7 Å². The molecule has 8 heteroatoms. The van der Waals surface area contributed by atoms with E-state index in [1.165, 1.54) is 18.4 Å². The van der Waals surface area contributed by atoms with E-state index in [0.29, 0.717) is 24.4 Å². The number of nitrogens with zero attached hydrogens (tertiary/aromatic N) is 3. The fourth-order valence-electron chi connectivity index (χ4n) is 4.01. The maximum Gasteiger partial charge on any atom is 0.216 e. The summed E-state index contributed by atoms with van der Waals surface area (Å²) in [6.07, 6.45) is 2.37. The second-order valence-electron chi connectivity index (χ2n) is 7.71. The van der Waals surface area contributed by atoms with Crippen LogP contribution in [0.1, 0.15) is 48.7 Å². The molecule has 2 unspecified atom stereocenters. The molecule has 2 heterocycles. The minimum absolute atomic E-state index is 0. The van der Waals surface area contributed by atoms with Crippen LogP contribution in [0.5, 0.6) is 0 Å². The maximum atomic E-state index is 6.26. The van der Waals surface area contributed by atoms with Crippen LogP contribution < -0.4 is 10.6 Å². The van der Waals surface area contributed by atoms with E-state index in [0.717, 1.165) is 42.1 Å². The highest BCUT2D eigenvalue weighted by Crippen LogP contribution is 2.35. The van der Waals surface area contributed by atoms with Crippen molar-refractivity contribution < 1.29 is 4.42 Å². The van der Waals surface area contributed by atoms with Gasteiger partial charge in [0, 0.05) is 24.2 Å². The topological polar surface area (TPSA) is 65.7 Å². The van der Waals surface area contributed by atoms with Gasteiger partial charge in [0.1, 0.15) is 12.3 Å². The molecule has 0 aliphatic carbocycles. The molecule has 166 valence electrons.